The summed E-state index contributed by atoms with van der Waals surface area (Å²) in [5.41, 5.74) is 2.51. The number of fused-ring (bicyclic) bond motifs is 3. The molecule has 2 N–H and O–H groups in total. The number of nitrogens with zero attached hydrogens (tertiary/aromatic N) is 6. The Morgan fingerprint density at radius 3 is 2.64 bits per heavy atom. The largest absolute Gasteiger partial charge is 0.351 e. The van der Waals surface area contributed by atoms with Crippen molar-refractivity contribution in [3.63, 3.8) is 0 Å². The van der Waals surface area contributed by atoms with Crippen LogP contribution in [0.4, 0.5) is 5.95 Å². The van der Waals surface area contributed by atoms with Crippen molar-refractivity contribution >= 4 is 38.1 Å². The number of hydrogen-bond acceptors (Lipinski definition) is 7. The van der Waals surface area contributed by atoms with Crippen molar-refractivity contribution in [1.82, 2.24) is 34.0 Å². The summed E-state index contributed by atoms with van der Waals surface area (Å²) < 4.78 is 29.5. The van der Waals surface area contributed by atoms with E-state index in [1.54, 1.807) is 6.20 Å². The second kappa shape index (κ2) is 7.22. The highest BCUT2D eigenvalue weighted by atomic mass is 32.2. The van der Waals surface area contributed by atoms with Crippen molar-refractivity contribution in [2.24, 2.45) is 0 Å². The predicted octanol–water partition coefficient (Wildman–Crippen LogP) is 1.30. The summed E-state index contributed by atoms with van der Waals surface area (Å²) in [4.78, 5) is 9.16. The van der Waals surface area contributed by atoms with Gasteiger partial charge in [-0.3, -0.25) is 0 Å². The molecule has 3 aromatic rings. The molecular weight excluding hydrogens is 380 g/mol. The van der Waals surface area contributed by atoms with Gasteiger partial charge in [0, 0.05) is 43.8 Å². The van der Waals surface area contributed by atoms with Gasteiger partial charge in [-0.05, 0) is 38.8 Å². The van der Waals surface area contributed by atoms with E-state index in [-0.39, 0.29) is 12.1 Å². The van der Waals surface area contributed by atoms with Gasteiger partial charge in [-0.25, -0.2) is 19.4 Å². The molecule has 2 aromatic heterocycles. The van der Waals surface area contributed by atoms with Gasteiger partial charge in [-0.2, -0.15) is 12.7 Å². The summed E-state index contributed by atoms with van der Waals surface area (Å²) in [6.45, 7) is 5.03. The van der Waals surface area contributed by atoms with E-state index >= 15 is 0 Å². The molecule has 1 aliphatic heterocycles. The van der Waals surface area contributed by atoms with E-state index in [9.17, 15) is 8.42 Å². The first-order valence-electron chi connectivity index (χ1n) is 9.35. The second-order valence-corrected chi connectivity index (χ2v) is 9.09. The van der Waals surface area contributed by atoms with Crippen LogP contribution in [0.25, 0.3) is 21.9 Å². The maximum Gasteiger partial charge on any atom is 0.279 e. The number of anilines is 1. The summed E-state index contributed by atoms with van der Waals surface area (Å²) in [6, 6.07) is 4.16. The van der Waals surface area contributed by atoms with Gasteiger partial charge < -0.3 is 5.32 Å². The maximum atomic E-state index is 11.9. The molecule has 1 aromatic carbocycles. The van der Waals surface area contributed by atoms with Gasteiger partial charge in [0.15, 0.2) is 0 Å². The number of nitrogens with one attached hydrogen (secondary N) is 2. The Hall–Kier alpha value is -2.37. The molecule has 0 spiro atoms. The van der Waals surface area contributed by atoms with Crippen LogP contribution in [-0.2, 0) is 10.2 Å². The Morgan fingerprint density at radius 1 is 1.21 bits per heavy atom. The summed E-state index contributed by atoms with van der Waals surface area (Å²) in [5, 5.41) is 12.8. The van der Waals surface area contributed by atoms with Gasteiger partial charge in [-0.1, -0.05) is 5.21 Å². The van der Waals surface area contributed by atoms with Crippen molar-refractivity contribution in [2.75, 3.05) is 25.5 Å². The number of benzene rings is 1. The molecule has 150 valence electrons. The molecule has 0 amide bonds. The summed E-state index contributed by atoms with van der Waals surface area (Å²) in [5.74, 6) is 0.534. The molecule has 0 radical (unpaired) electrons. The van der Waals surface area contributed by atoms with Crippen LogP contribution in [0.3, 0.4) is 0 Å². The highest BCUT2D eigenvalue weighted by Gasteiger charge is 2.27. The van der Waals surface area contributed by atoms with Crippen LogP contribution in [0.2, 0.25) is 0 Å². The average molecular weight is 405 g/mol. The highest BCUT2D eigenvalue weighted by Crippen LogP contribution is 2.25. The minimum atomic E-state index is -3.37. The third-order valence-corrected chi connectivity index (χ3v) is 6.62. The number of piperidine rings is 1. The standard InChI is InChI=1S/C17H24N8O2S/c1-11(2)25-16-14(22-23-25)5-4-12-10-19-17(21-15(12)16)20-13-6-8-24(9-7-13)28(26,27)18-3/h4-5,10-11,13,18H,6-9H2,1-3H3,(H,19,20,21). The van der Waals surface area contributed by atoms with Gasteiger partial charge >= 0.3 is 0 Å². The van der Waals surface area contributed by atoms with E-state index < -0.39 is 10.2 Å². The lowest BCUT2D eigenvalue weighted by atomic mass is 10.1. The molecule has 3 heterocycles. The van der Waals surface area contributed by atoms with E-state index in [1.807, 2.05) is 16.8 Å². The van der Waals surface area contributed by atoms with Crippen molar-refractivity contribution in [2.45, 2.75) is 38.8 Å². The van der Waals surface area contributed by atoms with E-state index in [1.165, 1.54) is 11.4 Å². The topological polar surface area (TPSA) is 118 Å². The highest BCUT2D eigenvalue weighted by molar-refractivity contribution is 7.87. The Kier molecular flexibility index (Phi) is 4.89. The normalized spacial score (nSPS) is 17.0. The van der Waals surface area contributed by atoms with Crippen molar-refractivity contribution in [3.8, 4) is 0 Å². The first kappa shape index (κ1) is 19.0. The van der Waals surface area contributed by atoms with Crippen LogP contribution < -0.4 is 10.0 Å². The van der Waals surface area contributed by atoms with Gasteiger partial charge in [0.05, 0.1) is 0 Å². The van der Waals surface area contributed by atoms with Crippen molar-refractivity contribution < 1.29 is 8.42 Å². The molecule has 1 fully saturated rings. The predicted molar refractivity (Wildman–Crippen MR) is 107 cm³/mol. The number of hydrogen-bond donors (Lipinski definition) is 2. The molecule has 0 unspecified atom stereocenters. The molecule has 1 aliphatic rings. The summed E-state index contributed by atoms with van der Waals surface area (Å²) in [7, 11) is -1.94. The van der Waals surface area contributed by atoms with Crippen LogP contribution in [0.1, 0.15) is 32.7 Å². The second-order valence-electron chi connectivity index (χ2n) is 7.22. The van der Waals surface area contributed by atoms with Crippen LogP contribution in [0.5, 0.6) is 0 Å². The lowest BCUT2D eigenvalue weighted by Crippen LogP contribution is -2.46. The van der Waals surface area contributed by atoms with Crippen LogP contribution in [0, 0.1) is 0 Å². The van der Waals surface area contributed by atoms with E-state index in [2.05, 4.69) is 39.2 Å². The minimum absolute atomic E-state index is 0.119. The fourth-order valence-electron chi connectivity index (χ4n) is 3.50. The molecule has 11 heteroatoms. The fraction of sp³-hybridized carbons (Fsp3) is 0.529. The Labute approximate surface area is 163 Å². The molecule has 0 atom stereocenters. The lowest BCUT2D eigenvalue weighted by Gasteiger charge is -2.31. The zero-order valence-electron chi connectivity index (χ0n) is 16.1. The van der Waals surface area contributed by atoms with Gasteiger partial charge in [0.1, 0.15) is 16.6 Å². The average Bonchev–Trinajstić information content (AvgIpc) is 3.13. The summed E-state index contributed by atoms with van der Waals surface area (Å²) >= 11 is 0. The first-order valence-corrected chi connectivity index (χ1v) is 10.8. The molecule has 4 rings (SSSR count). The van der Waals surface area contributed by atoms with Gasteiger partial charge in [-0.15, -0.1) is 5.10 Å². The zero-order valence-corrected chi connectivity index (χ0v) is 16.9. The molecule has 1 saturated heterocycles. The van der Waals surface area contributed by atoms with Crippen molar-refractivity contribution in [1.29, 1.82) is 0 Å². The Bertz CT molecular complexity index is 1100. The fourth-order valence-corrected chi connectivity index (χ4v) is 4.45. The van der Waals surface area contributed by atoms with E-state index in [4.69, 9.17) is 4.98 Å². The van der Waals surface area contributed by atoms with Gasteiger partial charge in [0.2, 0.25) is 5.95 Å². The molecule has 0 saturated carbocycles. The van der Waals surface area contributed by atoms with E-state index in [0.29, 0.717) is 31.9 Å². The Morgan fingerprint density at radius 2 is 1.96 bits per heavy atom. The molecule has 0 aliphatic carbocycles. The first-order chi connectivity index (χ1) is 13.4. The van der Waals surface area contributed by atoms with Crippen molar-refractivity contribution in [3.05, 3.63) is 18.3 Å². The quantitative estimate of drug-likeness (QED) is 0.658. The maximum absolute atomic E-state index is 11.9. The van der Waals surface area contributed by atoms with Crippen LogP contribution >= 0.6 is 0 Å². The Balaban J connectivity index is 1.59. The smallest absolute Gasteiger partial charge is 0.279 e. The molecule has 0 bridgehead atoms. The molecular formula is C17H24N8O2S. The van der Waals surface area contributed by atoms with Crippen LogP contribution in [-0.4, -0.2) is 63.9 Å². The third kappa shape index (κ3) is 3.40. The van der Waals surface area contributed by atoms with Gasteiger partial charge in [0.25, 0.3) is 10.2 Å². The minimum Gasteiger partial charge on any atom is -0.351 e. The number of aromatic nitrogens is 5. The monoisotopic (exact) mass is 404 g/mol. The molecule has 10 nitrogen and oxygen atoms in total. The summed E-state index contributed by atoms with van der Waals surface area (Å²) in [6.07, 6.45) is 3.18. The third-order valence-electron chi connectivity index (χ3n) is 5.06. The SMILES string of the molecule is CNS(=O)(=O)N1CCC(Nc2ncc3ccc4nnn(C(C)C)c4c3n2)CC1. The number of rotatable bonds is 5. The van der Waals surface area contributed by atoms with E-state index in [0.717, 1.165) is 21.9 Å². The molecule has 28 heavy (non-hydrogen) atoms. The lowest BCUT2D eigenvalue weighted by molar-refractivity contribution is 0.326. The zero-order chi connectivity index (χ0) is 19.9. The van der Waals surface area contributed by atoms with Crippen LogP contribution in [0.15, 0.2) is 18.3 Å².